The van der Waals surface area contributed by atoms with Crippen LogP contribution >= 0.6 is 11.3 Å². The van der Waals surface area contributed by atoms with E-state index in [9.17, 15) is 9.59 Å². The number of rotatable bonds is 8. The van der Waals surface area contributed by atoms with Crippen LogP contribution in [0.1, 0.15) is 40.9 Å². The van der Waals surface area contributed by atoms with Gasteiger partial charge in [0, 0.05) is 23.1 Å². The van der Waals surface area contributed by atoms with Crippen molar-refractivity contribution in [2.45, 2.75) is 25.8 Å². The zero-order chi connectivity index (χ0) is 21.5. The van der Waals surface area contributed by atoms with Crippen molar-refractivity contribution in [3.05, 3.63) is 76.8 Å². The minimum atomic E-state index is -0.261. The second kappa shape index (κ2) is 10.3. The Labute approximate surface area is 185 Å². The predicted octanol–water partition coefficient (Wildman–Crippen LogP) is 4.38. The molecule has 1 N–H and O–H groups in total. The van der Waals surface area contributed by atoms with Gasteiger partial charge in [-0.05, 0) is 50.2 Å². The van der Waals surface area contributed by atoms with Gasteiger partial charge in [-0.25, -0.2) is 4.98 Å². The van der Waals surface area contributed by atoms with Gasteiger partial charge >= 0.3 is 0 Å². The lowest BCUT2D eigenvalue weighted by Crippen LogP contribution is -2.29. The van der Waals surface area contributed by atoms with Crippen LogP contribution in [0.5, 0.6) is 5.75 Å². The maximum absolute atomic E-state index is 12.4. The molecule has 1 fully saturated rings. The maximum Gasteiger partial charge on any atom is 0.264 e. The summed E-state index contributed by atoms with van der Waals surface area (Å²) in [5, 5.41) is 5.37. The van der Waals surface area contributed by atoms with E-state index < -0.39 is 0 Å². The van der Waals surface area contributed by atoms with Gasteiger partial charge in [0.25, 0.3) is 5.91 Å². The summed E-state index contributed by atoms with van der Waals surface area (Å²) in [6.45, 7) is 2.94. The summed E-state index contributed by atoms with van der Waals surface area (Å²) in [4.78, 5) is 31.6. The first-order valence-electron chi connectivity index (χ1n) is 10.5. The highest BCUT2D eigenvalue weighted by molar-refractivity contribution is 7.13. The molecule has 2 aromatic carbocycles. The molecule has 1 aliphatic rings. The van der Waals surface area contributed by atoms with Crippen LogP contribution in [-0.4, -0.2) is 41.3 Å². The fraction of sp³-hybridized carbons (Fsp3) is 0.292. The quantitative estimate of drug-likeness (QED) is 0.532. The molecule has 0 radical (unpaired) electrons. The largest absolute Gasteiger partial charge is 0.484 e. The van der Waals surface area contributed by atoms with Crippen molar-refractivity contribution in [2.24, 2.45) is 0 Å². The van der Waals surface area contributed by atoms with Gasteiger partial charge in [-0.2, -0.15) is 0 Å². The van der Waals surface area contributed by atoms with Crippen LogP contribution in [0.15, 0.2) is 60.0 Å². The number of ketones is 1. The number of nitrogens with zero attached hydrogens (tertiary/aromatic N) is 2. The normalized spacial score (nSPS) is 14.2. The first-order chi connectivity index (χ1) is 15.2. The van der Waals surface area contributed by atoms with E-state index in [2.05, 4.69) is 15.2 Å². The van der Waals surface area contributed by atoms with Crippen molar-refractivity contribution < 1.29 is 14.3 Å². The van der Waals surface area contributed by atoms with Gasteiger partial charge in [-0.1, -0.05) is 36.8 Å². The number of ether oxygens (including phenoxy) is 1. The molecule has 0 bridgehead atoms. The third-order valence-electron chi connectivity index (χ3n) is 5.15. The minimum Gasteiger partial charge on any atom is -0.484 e. The SMILES string of the molecule is O=C(COc1ccc(C(=O)c2ccccc2)cc1)Nc1nc(CN2CCCCC2)cs1. The molecule has 1 aromatic heterocycles. The van der Waals surface area contributed by atoms with Crippen LogP contribution in [0.4, 0.5) is 5.13 Å². The second-order valence-corrected chi connectivity index (χ2v) is 8.40. The highest BCUT2D eigenvalue weighted by Crippen LogP contribution is 2.19. The molecule has 0 aliphatic carbocycles. The molecule has 2 heterocycles. The third-order valence-corrected chi connectivity index (χ3v) is 5.96. The van der Waals surface area contributed by atoms with Crippen LogP contribution in [0, 0.1) is 0 Å². The number of piperidine rings is 1. The molecule has 4 rings (SSSR count). The summed E-state index contributed by atoms with van der Waals surface area (Å²) in [5.74, 6) is 0.224. The molecule has 6 nitrogen and oxygen atoms in total. The standard InChI is InChI=1S/C24H25N3O3S/c28-22(26-24-25-20(17-31-24)15-27-13-5-2-6-14-27)16-30-21-11-9-19(10-12-21)23(29)18-7-3-1-4-8-18/h1,3-4,7-12,17H,2,5-6,13-16H2,(H,25,26,28). The summed E-state index contributed by atoms with van der Waals surface area (Å²) < 4.78 is 5.55. The molecule has 0 atom stereocenters. The Hall–Kier alpha value is -3.03. The Balaban J connectivity index is 1.25. The van der Waals surface area contributed by atoms with Crippen molar-refractivity contribution in [3.8, 4) is 5.75 Å². The van der Waals surface area contributed by atoms with Gasteiger partial charge < -0.3 is 4.74 Å². The molecular weight excluding hydrogens is 410 g/mol. The molecule has 0 saturated carbocycles. The fourth-order valence-corrected chi connectivity index (χ4v) is 4.26. The first-order valence-corrected chi connectivity index (χ1v) is 11.3. The lowest BCUT2D eigenvalue weighted by molar-refractivity contribution is -0.118. The average Bonchev–Trinajstić information content (AvgIpc) is 3.25. The van der Waals surface area contributed by atoms with Crippen molar-refractivity contribution in [1.82, 2.24) is 9.88 Å². The molecule has 1 aliphatic heterocycles. The molecule has 0 unspecified atom stereocenters. The van der Waals surface area contributed by atoms with E-state index in [4.69, 9.17) is 4.74 Å². The molecule has 7 heteroatoms. The number of amides is 1. The number of benzene rings is 2. The fourth-order valence-electron chi connectivity index (χ4n) is 3.55. The predicted molar refractivity (Wildman–Crippen MR) is 122 cm³/mol. The van der Waals surface area contributed by atoms with Gasteiger partial charge in [0.05, 0.1) is 5.69 Å². The second-order valence-electron chi connectivity index (χ2n) is 7.54. The van der Waals surface area contributed by atoms with E-state index in [1.54, 1.807) is 36.4 Å². The zero-order valence-electron chi connectivity index (χ0n) is 17.3. The maximum atomic E-state index is 12.4. The van der Waals surface area contributed by atoms with Gasteiger partial charge in [0.2, 0.25) is 0 Å². The number of carbonyl (C=O) groups is 2. The Bertz CT molecular complexity index is 1010. The summed E-state index contributed by atoms with van der Waals surface area (Å²) in [7, 11) is 0. The van der Waals surface area contributed by atoms with E-state index in [-0.39, 0.29) is 18.3 Å². The lowest BCUT2D eigenvalue weighted by Gasteiger charge is -2.25. The molecule has 31 heavy (non-hydrogen) atoms. The number of carbonyl (C=O) groups excluding carboxylic acids is 2. The summed E-state index contributed by atoms with van der Waals surface area (Å²) in [5.41, 5.74) is 2.20. The Kier molecular flexibility index (Phi) is 7.07. The number of aromatic nitrogens is 1. The van der Waals surface area contributed by atoms with Crippen LogP contribution in [0.3, 0.4) is 0 Å². The number of likely N-dealkylation sites (tertiary alicyclic amines) is 1. The number of thiazole rings is 1. The van der Waals surface area contributed by atoms with Crippen LogP contribution in [-0.2, 0) is 11.3 Å². The van der Waals surface area contributed by atoms with E-state index >= 15 is 0 Å². The highest BCUT2D eigenvalue weighted by Gasteiger charge is 2.14. The number of anilines is 1. The number of nitrogens with one attached hydrogen (secondary N) is 1. The van der Waals surface area contributed by atoms with E-state index in [0.717, 1.165) is 25.3 Å². The number of hydrogen-bond donors (Lipinski definition) is 1. The topological polar surface area (TPSA) is 71.5 Å². The van der Waals surface area contributed by atoms with Crippen LogP contribution in [0.25, 0.3) is 0 Å². The highest BCUT2D eigenvalue weighted by atomic mass is 32.1. The summed E-state index contributed by atoms with van der Waals surface area (Å²) in [6.07, 6.45) is 3.79. The van der Waals surface area contributed by atoms with Gasteiger partial charge in [-0.3, -0.25) is 19.8 Å². The zero-order valence-corrected chi connectivity index (χ0v) is 18.1. The Morgan fingerprint density at radius 1 is 0.968 bits per heavy atom. The van der Waals surface area contributed by atoms with Crippen molar-refractivity contribution >= 4 is 28.2 Å². The third kappa shape index (κ3) is 5.99. The minimum absolute atomic E-state index is 0.0472. The van der Waals surface area contributed by atoms with Gasteiger partial charge in [0.1, 0.15) is 5.75 Å². The van der Waals surface area contributed by atoms with Crippen molar-refractivity contribution in [2.75, 3.05) is 25.0 Å². The summed E-state index contributed by atoms with van der Waals surface area (Å²) in [6, 6.07) is 15.9. The van der Waals surface area contributed by atoms with Gasteiger partial charge in [-0.15, -0.1) is 11.3 Å². The molecule has 1 amide bonds. The molecule has 0 spiro atoms. The Morgan fingerprint density at radius 3 is 2.42 bits per heavy atom. The smallest absolute Gasteiger partial charge is 0.264 e. The van der Waals surface area contributed by atoms with Crippen molar-refractivity contribution in [1.29, 1.82) is 0 Å². The van der Waals surface area contributed by atoms with Crippen LogP contribution in [0.2, 0.25) is 0 Å². The first kappa shape index (κ1) is 21.2. The summed E-state index contributed by atoms with van der Waals surface area (Å²) >= 11 is 1.43. The van der Waals surface area contributed by atoms with E-state index in [1.165, 1.54) is 30.6 Å². The molecule has 160 valence electrons. The molecule has 1 saturated heterocycles. The Morgan fingerprint density at radius 2 is 1.68 bits per heavy atom. The van der Waals surface area contributed by atoms with Crippen LogP contribution < -0.4 is 10.1 Å². The van der Waals surface area contributed by atoms with Gasteiger partial charge in [0.15, 0.2) is 17.5 Å². The average molecular weight is 436 g/mol. The van der Waals surface area contributed by atoms with E-state index in [1.807, 2.05) is 23.6 Å². The number of hydrogen-bond acceptors (Lipinski definition) is 6. The van der Waals surface area contributed by atoms with Crippen molar-refractivity contribution in [3.63, 3.8) is 0 Å². The monoisotopic (exact) mass is 435 g/mol. The van der Waals surface area contributed by atoms with E-state index in [0.29, 0.717) is 22.0 Å². The molecular formula is C24H25N3O3S. The molecule has 3 aromatic rings. The lowest BCUT2D eigenvalue weighted by atomic mass is 10.0.